The molecule has 4 N–H and O–H groups in total. The molecule has 2 aliphatic heterocycles. The van der Waals surface area contributed by atoms with Crippen molar-refractivity contribution in [3.63, 3.8) is 0 Å². The fourth-order valence-corrected chi connectivity index (χ4v) is 7.03. The molecule has 1 aromatic heterocycles. The Morgan fingerprint density at radius 1 is 0.735 bits per heavy atom. The van der Waals surface area contributed by atoms with Crippen molar-refractivity contribution in [2.24, 2.45) is 0 Å². The number of nitrogens with zero attached hydrogens (tertiary/aromatic N) is 1. The summed E-state index contributed by atoms with van der Waals surface area (Å²) in [5, 5.41) is 13.0. The molecule has 12 heteroatoms. The number of aromatic nitrogens is 1. The van der Waals surface area contributed by atoms with E-state index in [1.165, 1.54) is 6.07 Å². The smallest absolute Gasteiger partial charge is 0.220 e. The number of hydrogen-bond acceptors (Lipinski definition) is 6. The zero-order valence-electron chi connectivity index (χ0n) is 27.0. The summed E-state index contributed by atoms with van der Waals surface area (Å²) in [4.78, 5) is 27.8. The second kappa shape index (κ2) is 15.6. The first-order valence-corrected chi connectivity index (χ1v) is 17.1. The number of amides is 2. The molecule has 0 aliphatic carbocycles. The Hall–Kier alpha value is -4.09. The van der Waals surface area contributed by atoms with E-state index in [9.17, 15) is 9.59 Å². The van der Waals surface area contributed by atoms with Crippen molar-refractivity contribution in [1.82, 2.24) is 26.3 Å². The van der Waals surface area contributed by atoms with Crippen LogP contribution in [0.5, 0.6) is 5.88 Å². The lowest BCUT2D eigenvalue weighted by molar-refractivity contribution is -0.123. The van der Waals surface area contributed by atoms with Crippen molar-refractivity contribution in [1.29, 1.82) is 0 Å². The summed E-state index contributed by atoms with van der Waals surface area (Å²) < 4.78 is 36.4. The maximum Gasteiger partial charge on any atom is 0.220 e. The number of halogens is 4. The van der Waals surface area contributed by atoms with Crippen molar-refractivity contribution >= 4 is 35.0 Å². The van der Waals surface area contributed by atoms with Crippen LogP contribution in [0.15, 0.2) is 60.7 Å². The number of nitrogens with one attached hydrogen (secondary N) is 4. The van der Waals surface area contributed by atoms with Crippen LogP contribution in [0.3, 0.4) is 0 Å². The average molecular weight is 709 g/mol. The summed E-state index contributed by atoms with van der Waals surface area (Å²) in [6, 6.07) is 17.6. The third kappa shape index (κ3) is 7.88. The number of piperidine rings is 1. The lowest BCUT2D eigenvalue weighted by Crippen LogP contribution is -2.44. The quantitative estimate of drug-likeness (QED) is 0.129. The molecule has 0 spiro atoms. The summed E-state index contributed by atoms with van der Waals surface area (Å²) in [5.74, 6) is -1.43. The van der Waals surface area contributed by atoms with Gasteiger partial charge in [0, 0.05) is 90.0 Å². The molecule has 3 heterocycles. The predicted molar refractivity (Wildman–Crippen MR) is 187 cm³/mol. The Morgan fingerprint density at radius 3 is 1.94 bits per heavy atom. The second-order valence-electron chi connectivity index (χ2n) is 12.3. The SMILES string of the molecule is COc1nc(-c2cccc(-c3cccc(-c4ccc(CNC[C@@H]5CCCC(=O)N5)c(F)c4F)c3Cl)c2Cl)ccc1CNC[C@@H]1CCC(=O)N1. The molecule has 3 aromatic carbocycles. The van der Waals surface area contributed by atoms with E-state index in [0.717, 1.165) is 24.8 Å². The Balaban J connectivity index is 1.20. The van der Waals surface area contributed by atoms with E-state index < -0.39 is 11.6 Å². The molecule has 2 amide bonds. The summed E-state index contributed by atoms with van der Waals surface area (Å²) in [7, 11) is 1.55. The minimum atomic E-state index is -0.997. The first-order chi connectivity index (χ1) is 23.7. The van der Waals surface area contributed by atoms with Crippen molar-refractivity contribution in [2.45, 2.75) is 57.3 Å². The highest BCUT2D eigenvalue weighted by molar-refractivity contribution is 6.39. The van der Waals surface area contributed by atoms with Crippen LogP contribution in [0.1, 0.15) is 43.2 Å². The van der Waals surface area contributed by atoms with E-state index in [2.05, 4.69) is 21.3 Å². The van der Waals surface area contributed by atoms with Gasteiger partial charge in [-0.1, -0.05) is 77.8 Å². The minimum Gasteiger partial charge on any atom is -0.481 e. The lowest BCUT2D eigenvalue weighted by atomic mass is 9.95. The maximum absolute atomic E-state index is 15.5. The van der Waals surface area contributed by atoms with E-state index in [1.54, 1.807) is 31.4 Å². The number of rotatable bonds is 12. The molecular weight excluding hydrogens is 671 g/mol. The van der Waals surface area contributed by atoms with Gasteiger partial charge >= 0.3 is 0 Å². The van der Waals surface area contributed by atoms with E-state index in [-0.39, 0.29) is 46.6 Å². The number of ether oxygens (including phenoxy) is 1. The highest BCUT2D eigenvalue weighted by Crippen LogP contribution is 2.43. The number of carbonyl (C=O) groups excluding carboxylic acids is 2. The van der Waals surface area contributed by atoms with E-state index in [4.69, 9.17) is 32.9 Å². The molecular formula is C37H37Cl2F2N5O3. The molecule has 49 heavy (non-hydrogen) atoms. The number of benzene rings is 3. The van der Waals surface area contributed by atoms with Gasteiger partial charge in [-0.15, -0.1) is 0 Å². The van der Waals surface area contributed by atoms with Crippen LogP contribution in [0.4, 0.5) is 8.78 Å². The van der Waals surface area contributed by atoms with Gasteiger partial charge < -0.3 is 26.0 Å². The highest BCUT2D eigenvalue weighted by Gasteiger charge is 2.23. The monoisotopic (exact) mass is 707 g/mol. The van der Waals surface area contributed by atoms with Crippen LogP contribution in [-0.2, 0) is 22.7 Å². The van der Waals surface area contributed by atoms with Crippen LogP contribution < -0.4 is 26.0 Å². The van der Waals surface area contributed by atoms with Gasteiger partial charge in [0.05, 0.1) is 22.8 Å². The zero-order chi connectivity index (χ0) is 34.5. The largest absolute Gasteiger partial charge is 0.481 e. The molecule has 2 aliphatic rings. The Morgan fingerprint density at radius 2 is 1.31 bits per heavy atom. The van der Waals surface area contributed by atoms with E-state index >= 15 is 8.78 Å². The highest BCUT2D eigenvalue weighted by atomic mass is 35.5. The third-order valence-corrected chi connectivity index (χ3v) is 9.78. The van der Waals surface area contributed by atoms with Crippen molar-refractivity contribution < 1.29 is 23.1 Å². The topological polar surface area (TPSA) is 104 Å². The molecule has 0 bridgehead atoms. The molecule has 0 radical (unpaired) electrons. The van der Waals surface area contributed by atoms with Crippen LogP contribution in [0, 0.1) is 11.6 Å². The maximum atomic E-state index is 15.5. The van der Waals surface area contributed by atoms with E-state index in [0.29, 0.717) is 71.3 Å². The van der Waals surface area contributed by atoms with Gasteiger partial charge in [0.2, 0.25) is 17.7 Å². The predicted octanol–water partition coefficient (Wildman–Crippen LogP) is 6.80. The molecule has 6 rings (SSSR count). The van der Waals surface area contributed by atoms with Gasteiger partial charge in [-0.2, -0.15) is 0 Å². The Labute approximate surface area is 293 Å². The van der Waals surface area contributed by atoms with Gasteiger partial charge in [-0.25, -0.2) is 13.8 Å². The van der Waals surface area contributed by atoms with Gasteiger partial charge in [0.25, 0.3) is 0 Å². The normalized spacial score (nSPS) is 17.6. The van der Waals surface area contributed by atoms with E-state index in [1.807, 2.05) is 30.3 Å². The zero-order valence-corrected chi connectivity index (χ0v) is 28.5. The Bertz CT molecular complexity index is 1870. The summed E-state index contributed by atoms with van der Waals surface area (Å²) in [6.45, 7) is 1.73. The number of methoxy groups -OCH3 is 1. The van der Waals surface area contributed by atoms with Crippen molar-refractivity contribution in [3.05, 3.63) is 93.5 Å². The number of hydrogen-bond donors (Lipinski definition) is 4. The summed E-state index contributed by atoms with van der Waals surface area (Å²) >= 11 is 13.9. The molecule has 8 nitrogen and oxygen atoms in total. The fourth-order valence-electron chi connectivity index (χ4n) is 6.38. The van der Waals surface area contributed by atoms with Gasteiger partial charge in [-0.05, 0) is 25.3 Å². The van der Waals surface area contributed by atoms with Crippen LogP contribution in [-0.4, -0.2) is 49.1 Å². The minimum absolute atomic E-state index is 0.00958. The molecule has 0 unspecified atom stereocenters. The summed E-state index contributed by atoms with van der Waals surface area (Å²) in [6.07, 6.45) is 3.53. The number of pyridine rings is 1. The average Bonchev–Trinajstić information content (AvgIpc) is 3.52. The third-order valence-electron chi connectivity index (χ3n) is 8.97. The fraction of sp³-hybridized carbons (Fsp3) is 0.324. The van der Waals surface area contributed by atoms with Crippen LogP contribution >= 0.6 is 23.2 Å². The van der Waals surface area contributed by atoms with Crippen molar-refractivity contribution in [2.75, 3.05) is 20.2 Å². The molecule has 0 saturated carbocycles. The Kier molecular flexibility index (Phi) is 11.1. The van der Waals surface area contributed by atoms with Gasteiger partial charge in [0.15, 0.2) is 11.6 Å². The first kappa shape index (κ1) is 34.8. The second-order valence-corrected chi connectivity index (χ2v) is 13.1. The lowest BCUT2D eigenvalue weighted by Gasteiger charge is -2.23. The standard InChI is InChI=1S/C37H37Cl2F2N5O3/c1-49-37-22(18-43-20-24-13-16-32(48)45-24)12-15-30(46-37)29-9-4-7-26(34(29)39)25-6-3-8-27(33(25)38)28-14-11-21(35(40)36(28)41)17-42-19-23-5-2-10-31(47)44-23/h3-4,6-9,11-12,14-15,23-24,42-43H,2,5,10,13,16-20H2,1H3,(H,44,47)(H,45,48)/t23-,24-/m0/s1. The van der Waals surface area contributed by atoms with Gasteiger partial charge in [0.1, 0.15) is 0 Å². The number of carbonyl (C=O) groups is 2. The van der Waals surface area contributed by atoms with Gasteiger partial charge in [-0.3, -0.25) is 9.59 Å². The molecule has 2 fully saturated rings. The molecule has 4 aromatic rings. The van der Waals surface area contributed by atoms with Crippen LogP contribution in [0.25, 0.3) is 33.5 Å². The first-order valence-electron chi connectivity index (χ1n) is 16.3. The van der Waals surface area contributed by atoms with Crippen molar-refractivity contribution in [3.8, 4) is 39.4 Å². The summed E-state index contributed by atoms with van der Waals surface area (Å²) in [5.41, 5.74) is 3.79. The molecule has 256 valence electrons. The molecule has 2 saturated heterocycles. The van der Waals surface area contributed by atoms with Crippen LogP contribution in [0.2, 0.25) is 10.0 Å². The molecule has 2 atom stereocenters.